The fourth-order valence-corrected chi connectivity index (χ4v) is 3.28. The van der Waals surface area contributed by atoms with Gasteiger partial charge in [0.15, 0.2) is 0 Å². The van der Waals surface area contributed by atoms with Crippen LogP contribution in [0.3, 0.4) is 0 Å². The molecule has 0 aliphatic carbocycles. The third-order valence-electron chi connectivity index (χ3n) is 2.47. The van der Waals surface area contributed by atoms with Gasteiger partial charge in [0.25, 0.3) is 0 Å². The Balaban J connectivity index is 2.25. The lowest BCUT2D eigenvalue weighted by atomic mass is 10.0. The van der Waals surface area contributed by atoms with Gasteiger partial charge in [-0.15, -0.1) is 11.3 Å². The van der Waals surface area contributed by atoms with Gasteiger partial charge < -0.3 is 5.73 Å². The van der Waals surface area contributed by atoms with Crippen LogP contribution in [0.4, 0.5) is 8.78 Å². The number of hydrogen-bond acceptors (Lipinski definition) is 2. The van der Waals surface area contributed by atoms with Crippen LogP contribution < -0.4 is 5.73 Å². The zero-order chi connectivity index (χ0) is 12.4. The molecule has 17 heavy (non-hydrogen) atoms. The van der Waals surface area contributed by atoms with E-state index in [4.69, 9.17) is 5.73 Å². The van der Waals surface area contributed by atoms with E-state index in [1.807, 2.05) is 11.4 Å². The number of nitrogens with two attached hydrogens (primary N) is 1. The molecule has 2 N–H and O–H groups in total. The summed E-state index contributed by atoms with van der Waals surface area (Å²) in [5.74, 6) is -1.10. The van der Waals surface area contributed by atoms with E-state index in [1.54, 1.807) is 0 Å². The third kappa shape index (κ3) is 2.73. The van der Waals surface area contributed by atoms with Gasteiger partial charge in [-0.3, -0.25) is 0 Å². The molecule has 2 rings (SSSR count). The van der Waals surface area contributed by atoms with Crippen molar-refractivity contribution in [1.29, 1.82) is 0 Å². The predicted molar refractivity (Wildman–Crippen MR) is 69.0 cm³/mol. The second-order valence-electron chi connectivity index (χ2n) is 3.64. The van der Waals surface area contributed by atoms with Crippen LogP contribution in [0.25, 0.3) is 0 Å². The van der Waals surface area contributed by atoms with Gasteiger partial charge in [-0.05, 0) is 45.9 Å². The highest BCUT2D eigenvalue weighted by Gasteiger charge is 2.16. The maximum Gasteiger partial charge on any atom is 0.129 e. The van der Waals surface area contributed by atoms with Gasteiger partial charge in [-0.25, -0.2) is 8.78 Å². The molecule has 1 aromatic carbocycles. The Labute approximate surface area is 110 Å². The molecule has 0 amide bonds. The fourth-order valence-electron chi connectivity index (χ4n) is 1.61. The summed E-state index contributed by atoms with van der Waals surface area (Å²) in [5.41, 5.74) is 6.00. The quantitative estimate of drug-likeness (QED) is 0.908. The van der Waals surface area contributed by atoms with Crippen LogP contribution in [-0.4, -0.2) is 0 Å². The average Bonchev–Trinajstić information content (AvgIpc) is 2.70. The summed E-state index contributed by atoms with van der Waals surface area (Å²) in [5, 5.41) is 1.89. The van der Waals surface area contributed by atoms with Gasteiger partial charge >= 0.3 is 0 Å². The summed E-state index contributed by atoms with van der Waals surface area (Å²) in [7, 11) is 0. The molecule has 90 valence electrons. The number of halogens is 3. The average molecular weight is 318 g/mol. The summed E-state index contributed by atoms with van der Waals surface area (Å²) in [6.07, 6.45) is 0.150. The fraction of sp³-hybridized carbons (Fsp3) is 0.167. The van der Waals surface area contributed by atoms with Crippen molar-refractivity contribution >= 4 is 27.3 Å². The van der Waals surface area contributed by atoms with Crippen molar-refractivity contribution in [3.63, 3.8) is 0 Å². The maximum atomic E-state index is 13.4. The van der Waals surface area contributed by atoms with Crippen LogP contribution in [0.1, 0.15) is 16.5 Å². The van der Waals surface area contributed by atoms with Crippen LogP contribution >= 0.6 is 27.3 Å². The minimum Gasteiger partial charge on any atom is -0.323 e. The minimum atomic E-state index is -0.548. The van der Waals surface area contributed by atoms with Crippen LogP contribution in [0.5, 0.6) is 0 Å². The number of rotatable bonds is 3. The van der Waals surface area contributed by atoms with Crippen LogP contribution in [0.2, 0.25) is 0 Å². The molecule has 0 fully saturated rings. The van der Waals surface area contributed by atoms with E-state index in [-0.39, 0.29) is 12.0 Å². The van der Waals surface area contributed by atoms with Crippen molar-refractivity contribution in [3.8, 4) is 0 Å². The predicted octanol–water partition coefficient (Wildman–Crippen LogP) is 4.03. The van der Waals surface area contributed by atoms with E-state index in [0.29, 0.717) is 0 Å². The highest BCUT2D eigenvalue weighted by atomic mass is 79.9. The zero-order valence-corrected chi connectivity index (χ0v) is 11.2. The Hall–Kier alpha value is -0.780. The Bertz CT molecular complexity index is 507. The summed E-state index contributed by atoms with van der Waals surface area (Å²) in [6, 6.07) is 5.30. The summed E-state index contributed by atoms with van der Waals surface area (Å²) in [6.45, 7) is 0. The highest BCUT2D eigenvalue weighted by molar-refractivity contribution is 9.10. The molecule has 0 saturated carbocycles. The molecule has 1 heterocycles. The molecular formula is C12H10BrF2NS. The smallest absolute Gasteiger partial charge is 0.129 e. The van der Waals surface area contributed by atoms with Crippen molar-refractivity contribution in [2.75, 3.05) is 0 Å². The largest absolute Gasteiger partial charge is 0.323 e. The monoisotopic (exact) mass is 317 g/mol. The summed E-state index contributed by atoms with van der Waals surface area (Å²) < 4.78 is 27.8. The molecular weight excluding hydrogens is 308 g/mol. The minimum absolute atomic E-state index is 0.0419. The molecule has 1 unspecified atom stereocenters. The number of thiophene rings is 1. The summed E-state index contributed by atoms with van der Waals surface area (Å²) in [4.78, 5) is 0.896. The first-order valence-corrected chi connectivity index (χ1v) is 6.68. The third-order valence-corrected chi connectivity index (χ3v) is 4.47. The van der Waals surface area contributed by atoms with Crippen LogP contribution in [-0.2, 0) is 6.42 Å². The first-order valence-electron chi connectivity index (χ1n) is 5.01. The molecule has 1 nitrogen and oxygen atoms in total. The lowest BCUT2D eigenvalue weighted by Gasteiger charge is -2.12. The van der Waals surface area contributed by atoms with Gasteiger partial charge in [0, 0.05) is 21.0 Å². The van der Waals surface area contributed by atoms with Crippen LogP contribution in [0.15, 0.2) is 34.1 Å². The van der Waals surface area contributed by atoms with Gasteiger partial charge in [-0.2, -0.15) is 0 Å². The van der Waals surface area contributed by atoms with E-state index in [9.17, 15) is 8.78 Å². The Morgan fingerprint density at radius 3 is 2.41 bits per heavy atom. The van der Waals surface area contributed by atoms with E-state index in [2.05, 4.69) is 15.9 Å². The van der Waals surface area contributed by atoms with E-state index >= 15 is 0 Å². The second-order valence-corrected chi connectivity index (χ2v) is 5.45. The molecule has 2 aromatic rings. The molecule has 0 bridgehead atoms. The first kappa shape index (κ1) is 12.7. The van der Waals surface area contributed by atoms with Crippen molar-refractivity contribution < 1.29 is 8.78 Å². The second kappa shape index (κ2) is 5.25. The van der Waals surface area contributed by atoms with Crippen molar-refractivity contribution in [2.45, 2.75) is 12.5 Å². The zero-order valence-electron chi connectivity index (χ0n) is 8.79. The SMILES string of the molecule is NC(Cc1c(F)cccc1F)c1sccc1Br. The molecule has 0 saturated heterocycles. The highest BCUT2D eigenvalue weighted by Crippen LogP contribution is 2.30. The molecule has 0 aliphatic heterocycles. The van der Waals surface area contributed by atoms with E-state index in [1.165, 1.54) is 29.5 Å². The maximum absolute atomic E-state index is 13.4. The molecule has 1 aromatic heterocycles. The number of hydrogen-bond donors (Lipinski definition) is 1. The van der Waals surface area contributed by atoms with Crippen molar-refractivity contribution in [1.82, 2.24) is 0 Å². The first-order chi connectivity index (χ1) is 8.09. The van der Waals surface area contributed by atoms with Gasteiger partial charge in [-0.1, -0.05) is 6.07 Å². The summed E-state index contributed by atoms with van der Waals surface area (Å²) >= 11 is 4.83. The lowest BCUT2D eigenvalue weighted by Crippen LogP contribution is -2.14. The topological polar surface area (TPSA) is 26.0 Å². The normalized spacial score (nSPS) is 12.7. The van der Waals surface area contributed by atoms with Crippen LogP contribution in [0, 0.1) is 11.6 Å². The molecule has 0 aliphatic rings. The van der Waals surface area contributed by atoms with E-state index in [0.717, 1.165) is 9.35 Å². The molecule has 0 radical (unpaired) electrons. The van der Waals surface area contributed by atoms with Gasteiger partial charge in [0.1, 0.15) is 11.6 Å². The van der Waals surface area contributed by atoms with Crippen molar-refractivity contribution in [2.24, 2.45) is 5.73 Å². The van der Waals surface area contributed by atoms with Gasteiger partial charge in [0.05, 0.1) is 0 Å². The van der Waals surface area contributed by atoms with E-state index < -0.39 is 17.7 Å². The molecule has 0 spiro atoms. The number of benzene rings is 1. The lowest BCUT2D eigenvalue weighted by molar-refractivity contribution is 0.541. The standard InChI is InChI=1S/C12H10BrF2NS/c13-8-4-5-17-12(8)11(16)6-7-9(14)2-1-3-10(7)15/h1-5,11H,6,16H2. The molecule has 1 atom stereocenters. The van der Waals surface area contributed by atoms with Gasteiger partial charge in [0.2, 0.25) is 0 Å². The Morgan fingerprint density at radius 2 is 1.88 bits per heavy atom. The molecule has 5 heteroatoms. The van der Waals surface area contributed by atoms with Crippen molar-refractivity contribution in [3.05, 3.63) is 56.2 Å². The Kier molecular flexibility index (Phi) is 3.91. The Morgan fingerprint density at radius 1 is 1.24 bits per heavy atom.